The first kappa shape index (κ1) is 20.2. The molecule has 6 nitrogen and oxygen atoms in total. The summed E-state index contributed by atoms with van der Waals surface area (Å²) in [5, 5.41) is 0. The molecule has 0 saturated carbocycles. The van der Waals surface area contributed by atoms with E-state index in [1.54, 1.807) is 4.90 Å². The fraction of sp³-hybridized carbons (Fsp3) is 0.652. The summed E-state index contributed by atoms with van der Waals surface area (Å²) in [5.41, 5.74) is 1.15. The highest BCUT2D eigenvalue weighted by Crippen LogP contribution is 2.59. The van der Waals surface area contributed by atoms with Crippen LogP contribution in [0, 0.1) is 5.92 Å². The van der Waals surface area contributed by atoms with Crippen molar-refractivity contribution in [2.24, 2.45) is 5.92 Å². The van der Waals surface area contributed by atoms with E-state index in [0.717, 1.165) is 12.0 Å². The Morgan fingerprint density at radius 3 is 2.48 bits per heavy atom. The van der Waals surface area contributed by atoms with Gasteiger partial charge in [0, 0.05) is 43.0 Å². The monoisotopic (exact) mass is 400 g/mol. The third-order valence-corrected chi connectivity index (χ3v) is 6.47. The highest BCUT2D eigenvalue weighted by atomic mass is 16.6. The highest BCUT2D eigenvalue weighted by Gasteiger charge is 2.66. The van der Waals surface area contributed by atoms with E-state index in [1.807, 2.05) is 51.7 Å². The van der Waals surface area contributed by atoms with Gasteiger partial charge in [-0.1, -0.05) is 38.1 Å². The number of hydrogen-bond donors (Lipinski definition) is 0. The second-order valence-corrected chi connectivity index (χ2v) is 9.36. The van der Waals surface area contributed by atoms with Crippen LogP contribution in [0.2, 0.25) is 0 Å². The molecule has 29 heavy (non-hydrogen) atoms. The van der Waals surface area contributed by atoms with Crippen molar-refractivity contribution in [2.75, 3.05) is 26.2 Å². The van der Waals surface area contributed by atoms with Gasteiger partial charge in [-0.25, -0.2) is 4.79 Å². The molecule has 2 atom stereocenters. The van der Waals surface area contributed by atoms with E-state index in [-0.39, 0.29) is 23.3 Å². The normalized spacial score (nSPS) is 28.7. The Hall–Kier alpha value is -2.08. The summed E-state index contributed by atoms with van der Waals surface area (Å²) < 4.78 is 11.8. The molecule has 2 spiro atoms. The molecule has 0 radical (unpaired) electrons. The highest BCUT2D eigenvalue weighted by molar-refractivity contribution is 5.81. The van der Waals surface area contributed by atoms with Gasteiger partial charge in [-0.2, -0.15) is 0 Å². The Bertz CT molecular complexity index is 824. The van der Waals surface area contributed by atoms with Crippen molar-refractivity contribution in [1.82, 2.24) is 9.80 Å². The van der Waals surface area contributed by atoms with Gasteiger partial charge < -0.3 is 19.3 Å². The second-order valence-electron chi connectivity index (χ2n) is 9.36. The number of carbonyl (C=O) groups excluding carboxylic acids is 2. The van der Waals surface area contributed by atoms with E-state index in [4.69, 9.17) is 9.47 Å². The van der Waals surface area contributed by atoms with Crippen molar-refractivity contribution in [1.29, 1.82) is 0 Å². The number of likely N-dealkylation sites (tertiary alicyclic amines) is 1. The maximum atomic E-state index is 12.6. The van der Waals surface area contributed by atoms with Crippen LogP contribution in [0.25, 0.3) is 0 Å². The minimum Gasteiger partial charge on any atom is -0.444 e. The van der Waals surface area contributed by atoms with E-state index < -0.39 is 11.3 Å². The van der Waals surface area contributed by atoms with Crippen molar-refractivity contribution in [2.45, 2.75) is 64.2 Å². The summed E-state index contributed by atoms with van der Waals surface area (Å²) in [6.07, 6.45) is 1.14. The minimum atomic E-state index is -0.592. The van der Waals surface area contributed by atoms with Crippen LogP contribution in [0.15, 0.2) is 24.3 Å². The van der Waals surface area contributed by atoms with Gasteiger partial charge in [0.15, 0.2) is 5.72 Å². The first-order valence-electron chi connectivity index (χ1n) is 10.8. The number of amides is 2. The summed E-state index contributed by atoms with van der Waals surface area (Å²) >= 11 is 0. The molecule has 5 rings (SSSR count). The largest absolute Gasteiger partial charge is 0.444 e. The van der Waals surface area contributed by atoms with Crippen molar-refractivity contribution in [3.05, 3.63) is 35.4 Å². The van der Waals surface area contributed by atoms with Crippen LogP contribution in [0.4, 0.5) is 4.79 Å². The molecule has 0 aromatic heterocycles. The topological polar surface area (TPSA) is 59.1 Å². The molecule has 3 heterocycles. The fourth-order valence-corrected chi connectivity index (χ4v) is 5.58. The Morgan fingerprint density at radius 2 is 1.83 bits per heavy atom. The number of benzene rings is 1. The van der Waals surface area contributed by atoms with E-state index in [9.17, 15) is 9.59 Å². The molecule has 158 valence electrons. The summed E-state index contributed by atoms with van der Waals surface area (Å²) in [6, 6.07) is 8.33. The van der Waals surface area contributed by atoms with E-state index >= 15 is 0 Å². The zero-order valence-electron chi connectivity index (χ0n) is 18.2. The number of ether oxygens (including phenoxy) is 2. The molecule has 3 saturated heterocycles. The lowest BCUT2D eigenvalue weighted by atomic mass is 9.59. The quantitative estimate of drug-likeness (QED) is 0.667. The molecular weight excluding hydrogens is 368 g/mol. The summed E-state index contributed by atoms with van der Waals surface area (Å²) in [4.78, 5) is 28.8. The van der Waals surface area contributed by atoms with Crippen LogP contribution in [0.5, 0.6) is 0 Å². The molecule has 0 unspecified atom stereocenters. The van der Waals surface area contributed by atoms with Crippen molar-refractivity contribution >= 4 is 12.0 Å². The predicted octanol–water partition coefficient (Wildman–Crippen LogP) is 3.64. The van der Waals surface area contributed by atoms with Gasteiger partial charge in [0.1, 0.15) is 5.60 Å². The third kappa shape index (κ3) is 2.87. The Kier molecular flexibility index (Phi) is 4.69. The van der Waals surface area contributed by atoms with Gasteiger partial charge in [-0.3, -0.25) is 4.79 Å². The molecule has 6 heteroatoms. The lowest BCUT2D eigenvalue weighted by Gasteiger charge is -2.57. The minimum absolute atomic E-state index is 0.106. The maximum Gasteiger partial charge on any atom is 0.410 e. The lowest BCUT2D eigenvalue weighted by molar-refractivity contribution is -0.147. The number of rotatable bonds is 0. The molecule has 1 aliphatic carbocycles. The molecule has 2 amide bonds. The summed E-state index contributed by atoms with van der Waals surface area (Å²) in [5.74, 6) is 0.330. The molecule has 1 aromatic rings. The smallest absolute Gasteiger partial charge is 0.410 e. The number of nitrogens with zero attached hydrogens (tertiary/aromatic N) is 2. The van der Waals surface area contributed by atoms with E-state index in [1.165, 1.54) is 5.56 Å². The number of hydrogen-bond acceptors (Lipinski definition) is 4. The molecule has 3 fully saturated rings. The van der Waals surface area contributed by atoms with Crippen LogP contribution in [-0.2, 0) is 25.4 Å². The van der Waals surface area contributed by atoms with Gasteiger partial charge in [0.05, 0.1) is 6.61 Å². The zero-order valence-corrected chi connectivity index (χ0v) is 18.2. The number of carbonyl (C=O) groups is 2. The van der Waals surface area contributed by atoms with Crippen LogP contribution >= 0.6 is 0 Å². The second kappa shape index (κ2) is 6.73. The number of fused-ring (bicyclic) bond motifs is 2. The summed E-state index contributed by atoms with van der Waals surface area (Å²) in [6.45, 7) is 12.2. The average molecular weight is 401 g/mol. The van der Waals surface area contributed by atoms with Gasteiger partial charge in [-0.05, 0) is 32.8 Å². The average Bonchev–Trinajstić information content (AvgIpc) is 3.18. The molecular formula is C23H32N2O4. The Balaban J connectivity index is 0.000000994. The fourth-order valence-electron chi connectivity index (χ4n) is 5.58. The molecule has 4 aliphatic rings. The predicted molar refractivity (Wildman–Crippen MR) is 109 cm³/mol. The van der Waals surface area contributed by atoms with Crippen LogP contribution in [0.1, 0.15) is 58.6 Å². The Morgan fingerprint density at radius 1 is 1.17 bits per heavy atom. The van der Waals surface area contributed by atoms with Crippen molar-refractivity contribution in [3.8, 4) is 0 Å². The first-order valence-corrected chi connectivity index (χ1v) is 10.8. The van der Waals surface area contributed by atoms with E-state index in [0.29, 0.717) is 32.7 Å². The third-order valence-electron chi connectivity index (χ3n) is 6.47. The molecule has 1 aromatic carbocycles. The molecule has 3 aliphatic heterocycles. The van der Waals surface area contributed by atoms with Crippen molar-refractivity contribution in [3.63, 3.8) is 0 Å². The van der Waals surface area contributed by atoms with Crippen LogP contribution < -0.4 is 0 Å². The van der Waals surface area contributed by atoms with Gasteiger partial charge >= 0.3 is 6.09 Å². The zero-order chi connectivity index (χ0) is 21.0. The van der Waals surface area contributed by atoms with Crippen LogP contribution in [-0.4, -0.2) is 53.6 Å². The lowest BCUT2D eigenvalue weighted by Crippen LogP contribution is -2.66. The molecule has 0 N–H and O–H groups in total. The van der Waals surface area contributed by atoms with Crippen molar-refractivity contribution < 1.29 is 19.1 Å². The van der Waals surface area contributed by atoms with Gasteiger partial charge in [0.2, 0.25) is 5.91 Å². The summed E-state index contributed by atoms with van der Waals surface area (Å²) in [7, 11) is 0. The van der Waals surface area contributed by atoms with Gasteiger partial charge in [-0.15, -0.1) is 0 Å². The Labute approximate surface area is 173 Å². The SMILES string of the molecule is CC.CC(C)(C)OC(=O)N1CC2(C[C@@H]3CC(=O)N4CCO[C@@]34c3ccccc32)C1. The molecule has 0 bridgehead atoms. The van der Waals surface area contributed by atoms with Crippen LogP contribution in [0.3, 0.4) is 0 Å². The van der Waals surface area contributed by atoms with E-state index in [2.05, 4.69) is 12.1 Å². The first-order chi connectivity index (χ1) is 13.8. The van der Waals surface area contributed by atoms with Gasteiger partial charge in [0.25, 0.3) is 0 Å². The maximum absolute atomic E-state index is 12.6. The standard InChI is InChI=1S/C21H26N2O4.C2H6/c1-19(2,3)27-18(25)22-12-20(13-22)11-14-10-17(24)23-8-9-26-21(14,23)16-7-5-4-6-15(16)20;1-2/h4-7,14H,8-13H2,1-3H3;1-2H3/t14-,21+;/m0./s1.